The summed E-state index contributed by atoms with van der Waals surface area (Å²) in [6.45, 7) is 1.26. The summed E-state index contributed by atoms with van der Waals surface area (Å²) in [5.41, 5.74) is 1.07. The fourth-order valence-corrected chi connectivity index (χ4v) is 2.64. The van der Waals surface area contributed by atoms with E-state index in [2.05, 4.69) is 5.32 Å². The molecular formula is C17H16Cl2N2O3. The van der Waals surface area contributed by atoms with Crippen molar-refractivity contribution in [3.05, 3.63) is 52.5 Å². The van der Waals surface area contributed by atoms with Crippen LogP contribution >= 0.6 is 23.2 Å². The average Bonchev–Trinajstić information content (AvgIpc) is 2.51. The zero-order valence-corrected chi connectivity index (χ0v) is 14.7. The van der Waals surface area contributed by atoms with E-state index >= 15 is 0 Å². The Kier molecular flexibility index (Phi) is 6.06. The molecule has 2 aromatic rings. The van der Waals surface area contributed by atoms with Crippen LogP contribution in [0.1, 0.15) is 6.92 Å². The highest BCUT2D eigenvalue weighted by Crippen LogP contribution is 2.23. The van der Waals surface area contributed by atoms with E-state index in [1.54, 1.807) is 49.6 Å². The second kappa shape index (κ2) is 8.04. The van der Waals surface area contributed by atoms with Gasteiger partial charge in [0.25, 0.3) is 0 Å². The van der Waals surface area contributed by atoms with Crippen molar-refractivity contribution in [2.24, 2.45) is 0 Å². The first-order valence-corrected chi connectivity index (χ1v) is 7.82. The van der Waals surface area contributed by atoms with E-state index in [-0.39, 0.29) is 18.4 Å². The predicted molar refractivity (Wildman–Crippen MR) is 96.1 cm³/mol. The minimum Gasteiger partial charge on any atom is -0.497 e. The van der Waals surface area contributed by atoms with Gasteiger partial charge in [-0.05, 0) is 42.5 Å². The van der Waals surface area contributed by atoms with Gasteiger partial charge in [0.2, 0.25) is 11.8 Å². The first-order chi connectivity index (χ1) is 11.4. The van der Waals surface area contributed by atoms with Crippen molar-refractivity contribution >= 4 is 46.4 Å². The fourth-order valence-electron chi connectivity index (χ4n) is 2.12. The number of ether oxygens (including phenoxy) is 1. The Morgan fingerprint density at radius 1 is 1.08 bits per heavy atom. The molecule has 126 valence electrons. The van der Waals surface area contributed by atoms with Gasteiger partial charge >= 0.3 is 0 Å². The Balaban J connectivity index is 2.11. The molecule has 0 aliphatic rings. The molecule has 0 radical (unpaired) electrons. The molecular weight excluding hydrogens is 351 g/mol. The van der Waals surface area contributed by atoms with Crippen LogP contribution in [0.25, 0.3) is 0 Å². The summed E-state index contributed by atoms with van der Waals surface area (Å²) in [7, 11) is 1.56. The van der Waals surface area contributed by atoms with Crippen molar-refractivity contribution in [3.8, 4) is 5.75 Å². The van der Waals surface area contributed by atoms with Crippen LogP contribution in [0.2, 0.25) is 10.0 Å². The van der Waals surface area contributed by atoms with Crippen LogP contribution in [-0.2, 0) is 9.59 Å². The Hall–Kier alpha value is -2.24. The number of nitrogens with one attached hydrogen (secondary N) is 1. The van der Waals surface area contributed by atoms with Crippen molar-refractivity contribution in [1.29, 1.82) is 0 Å². The molecule has 0 fully saturated rings. The van der Waals surface area contributed by atoms with Gasteiger partial charge < -0.3 is 15.0 Å². The molecule has 5 nitrogen and oxygen atoms in total. The normalized spacial score (nSPS) is 10.2. The lowest BCUT2D eigenvalue weighted by Gasteiger charge is -2.21. The standard InChI is InChI=1S/C17H16Cl2N2O3/c1-11(22)21(15-3-5-16(24-2)6-4-15)10-17(23)20-14-8-12(18)7-13(19)9-14/h3-9H,10H2,1-2H3,(H,20,23). The summed E-state index contributed by atoms with van der Waals surface area (Å²) >= 11 is 11.8. The number of anilines is 2. The molecule has 0 aliphatic heterocycles. The van der Waals surface area contributed by atoms with Gasteiger partial charge in [-0.3, -0.25) is 9.59 Å². The van der Waals surface area contributed by atoms with E-state index in [0.29, 0.717) is 27.2 Å². The zero-order valence-electron chi connectivity index (χ0n) is 13.2. The highest BCUT2D eigenvalue weighted by molar-refractivity contribution is 6.35. The Morgan fingerprint density at radius 3 is 2.17 bits per heavy atom. The third kappa shape index (κ3) is 4.88. The van der Waals surface area contributed by atoms with Gasteiger partial charge in [-0.15, -0.1) is 0 Å². The molecule has 2 rings (SSSR count). The first-order valence-electron chi connectivity index (χ1n) is 7.07. The second-order valence-electron chi connectivity index (χ2n) is 5.01. The van der Waals surface area contributed by atoms with Crippen molar-refractivity contribution in [3.63, 3.8) is 0 Å². The lowest BCUT2D eigenvalue weighted by Crippen LogP contribution is -2.36. The Morgan fingerprint density at radius 2 is 1.67 bits per heavy atom. The monoisotopic (exact) mass is 366 g/mol. The van der Waals surface area contributed by atoms with Crippen molar-refractivity contribution in [1.82, 2.24) is 0 Å². The molecule has 2 amide bonds. The van der Waals surface area contributed by atoms with Crippen LogP contribution in [0.3, 0.4) is 0 Å². The molecule has 24 heavy (non-hydrogen) atoms. The number of rotatable bonds is 5. The summed E-state index contributed by atoms with van der Waals surface area (Å²) in [6, 6.07) is 11.6. The molecule has 1 N–H and O–H groups in total. The van der Waals surface area contributed by atoms with Gasteiger partial charge in [0.1, 0.15) is 12.3 Å². The van der Waals surface area contributed by atoms with E-state index in [0.717, 1.165) is 0 Å². The van der Waals surface area contributed by atoms with Gasteiger partial charge in [-0.1, -0.05) is 23.2 Å². The van der Waals surface area contributed by atoms with Gasteiger partial charge in [0.15, 0.2) is 0 Å². The minimum absolute atomic E-state index is 0.133. The molecule has 2 aromatic carbocycles. The lowest BCUT2D eigenvalue weighted by molar-refractivity contribution is -0.120. The van der Waals surface area contributed by atoms with E-state index in [4.69, 9.17) is 27.9 Å². The molecule has 0 spiro atoms. The van der Waals surface area contributed by atoms with E-state index < -0.39 is 0 Å². The quantitative estimate of drug-likeness (QED) is 0.869. The topological polar surface area (TPSA) is 58.6 Å². The Labute approximate surface area is 150 Å². The Bertz CT molecular complexity index is 728. The maximum Gasteiger partial charge on any atom is 0.244 e. The number of amides is 2. The SMILES string of the molecule is COc1ccc(N(CC(=O)Nc2cc(Cl)cc(Cl)c2)C(C)=O)cc1. The largest absolute Gasteiger partial charge is 0.497 e. The maximum absolute atomic E-state index is 12.2. The van der Waals surface area contributed by atoms with Crippen LogP contribution in [-0.4, -0.2) is 25.5 Å². The van der Waals surface area contributed by atoms with Crippen LogP contribution in [0.5, 0.6) is 5.75 Å². The molecule has 0 atom stereocenters. The van der Waals surface area contributed by atoms with Gasteiger partial charge in [-0.25, -0.2) is 0 Å². The van der Waals surface area contributed by atoms with Crippen LogP contribution in [0.15, 0.2) is 42.5 Å². The van der Waals surface area contributed by atoms with Crippen LogP contribution in [0.4, 0.5) is 11.4 Å². The number of carbonyl (C=O) groups is 2. The zero-order chi connectivity index (χ0) is 17.7. The number of benzene rings is 2. The lowest BCUT2D eigenvalue weighted by atomic mass is 10.2. The molecule has 7 heteroatoms. The molecule has 0 aliphatic carbocycles. The molecule has 0 unspecified atom stereocenters. The summed E-state index contributed by atoms with van der Waals surface area (Å²) in [6.07, 6.45) is 0. The van der Waals surface area contributed by atoms with Crippen molar-refractivity contribution < 1.29 is 14.3 Å². The summed E-state index contributed by atoms with van der Waals surface area (Å²) in [5.74, 6) is 0.0547. The van der Waals surface area contributed by atoms with E-state index in [1.165, 1.54) is 11.8 Å². The van der Waals surface area contributed by atoms with Crippen molar-refractivity contribution in [2.45, 2.75) is 6.92 Å². The fraction of sp³-hybridized carbons (Fsp3) is 0.176. The molecule has 0 aromatic heterocycles. The van der Waals surface area contributed by atoms with Crippen LogP contribution in [0, 0.1) is 0 Å². The van der Waals surface area contributed by atoms with Gasteiger partial charge in [0, 0.05) is 28.3 Å². The molecule has 0 heterocycles. The molecule has 0 saturated heterocycles. The third-order valence-electron chi connectivity index (χ3n) is 3.21. The summed E-state index contributed by atoms with van der Waals surface area (Å²) < 4.78 is 5.08. The number of nitrogens with zero attached hydrogens (tertiary/aromatic N) is 1. The summed E-state index contributed by atoms with van der Waals surface area (Å²) in [4.78, 5) is 25.5. The first kappa shape index (κ1) is 18.1. The maximum atomic E-state index is 12.2. The van der Waals surface area contributed by atoms with Crippen molar-refractivity contribution in [2.75, 3.05) is 23.9 Å². The third-order valence-corrected chi connectivity index (χ3v) is 3.65. The number of hydrogen-bond donors (Lipinski definition) is 1. The van der Waals surface area contributed by atoms with Gasteiger partial charge in [0.05, 0.1) is 7.11 Å². The predicted octanol–water partition coefficient (Wildman–Crippen LogP) is 3.99. The smallest absolute Gasteiger partial charge is 0.244 e. The highest BCUT2D eigenvalue weighted by atomic mass is 35.5. The number of hydrogen-bond acceptors (Lipinski definition) is 3. The number of carbonyl (C=O) groups excluding carboxylic acids is 2. The number of methoxy groups -OCH3 is 1. The average molecular weight is 367 g/mol. The molecule has 0 bridgehead atoms. The highest BCUT2D eigenvalue weighted by Gasteiger charge is 2.16. The summed E-state index contributed by atoms with van der Waals surface area (Å²) in [5, 5.41) is 3.50. The molecule has 0 saturated carbocycles. The second-order valence-corrected chi connectivity index (χ2v) is 5.88. The van der Waals surface area contributed by atoms with Gasteiger partial charge in [-0.2, -0.15) is 0 Å². The number of halogens is 2. The minimum atomic E-state index is -0.362. The van der Waals surface area contributed by atoms with E-state index in [1.807, 2.05) is 0 Å². The van der Waals surface area contributed by atoms with Crippen LogP contribution < -0.4 is 15.0 Å². The van der Waals surface area contributed by atoms with E-state index in [9.17, 15) is 9.59 Å².